The summed E-state index contributed by atoms with van der Waals surface area (Å²) in [6, 6.07) is 0. The minimum atomic E-state index is -1.98. The van der Waals surface area contributed by atoms with Crippen LogP contribution in [0.3, 0.4) is 0 Å². The van der Waals surface area contributed by atoms with Crippen molar-refractivity contribution in [3.05, 3.63) is 0 Å². The van der Waals surface area contributed by atoms with E-state index in [0.717, 1.165) is 0 Å². The van der Waals surface area contributed by atoms with E-state index >= 15 is 0 Å². The summed E-state index contributed by atoms with van der Waals surface area (Å²) in [5.74, 6) is 0. The summed E-state index contributed by atoms with van der Waals surface area (Å²) in [5.41, 5.74) is 0. The highest BCUT2D eigenvalue weighted by molar-refractivity contribution is 4.95. The Labute approximate surface area is 193 Å². The molecule has 16 nitrogen and oxygen atoms in total. The molecule has 0 aromatic heterocycles. The van der Waals surface area contributed by atoms with Gasteiger partial charge in [-0.3, -0.25) is 0 Å². The summed E-state index contributed by atoms with van der Waals surface area (Å²) in [5, 5.41) is 118. The molecule has 0 amide bonds. The van der Waals surface area contributed by atoms with Crippen molar-refractivity contribution >= 4 is 0 Å². The van der Waals surface area contributed by atoms with Gasteiger partial charge < -0.3 is 80.2 Å². The van der Waals surface area contributed by atoms with E-state index in [2.05, 4.69) is 0 Å². The van der Waals surface area contributed by atoms with Gasteiger partial charge in [0.05, 0.1) is 26.4 Å². The second kappa shape index (κ2) is 13.1. The average molecular weight is 506 g/mol. The Balaban J connectivity index is 2.24. The topological polar surface area (TPSA) is 280 Å². The van der Waals surface area contributed by atoms with Crippen LogP contribution < -0.4 is 0 Å². The number of ether oxygens (including phenoxy) is 4. The van der Waals surface area contributed by atoms with Crippen molar-refractivity contribution in [1.29, 1.82) is 0 Å². The minimum Gasteiger partial charge on any atom is -0.394 e. The SMILES string of the molecule is OCC1OC(O[C@@H]2C(O)C(O[C@H](C(O)CO)[C@H](O)C(O)CO)OC(CO)[C@H]2O)C(O)[C@@H](O)[C@@H]1O. The van der Waals surface area contributed by atoms with E-state index in [-0.39, 0.29) is 0 Å². The first-order valence-corrected chi connectivity index (χ1v) is 10.5. The molecule has 2 saturated heterocycles. The fraction of sp³-hybridized carbons (Fsp3) is 1.00. The summed E-state index contributed by atoms with van der Waals surface area (Å²) >= 11 is 0. The Morgan fingerprint density at radius 2 is 1.15 bits per heavy atom. The molecule has 2 rings (SSSR count). The highest BCUT2D eigenvalue weighted by Gasteiger charge is 2.52. The Hall–Kier alpha value is -0.640. The van der Waals surface area contributed by atoms with E-state index < -0.39 is 112 Å². The number of hydrogen-bond acceptors (Lipinski definition) is 16. The molecule has 8 unspecified atom stereocenters. The first kappa shape index (κ1) is 29.6. The molecule has 12 N–H and O–H groups in total. The quantitative estimate of drug-likeness (QED) is 0.124. The molecule has 2 fully saturated rings. The Kier molecular flexibility index (Phi) is 11.4. The van der Waals surface area contributed by atoms with Gasteiger partial charge >= 0.3 is 0 Å². The van der Waals surface area contributed by atoms with Crippen LogP contribution in [0.25, 0.3) is 0 Å². The van der Waals surface area contributed by atoms with Crippen molar-refractivity contribution in [1.82, 2.24) is 0 Å². The van der Waals surface area contributed by atoms with Gasteiger partial charge in [0.15, 0.2) is 12.6 Å². The molecule has 0 aromatic rings. The Morgan fingerprint density at radius 1 is 0.618 bits per heavy atom. The third kappa shape index (κ3) is 6.37. The summed E-state index contributed by atoms with van der Waals surface area (Å²) < 4.78 is 21.1. The molecule has 0 bridgehead atoms. The van der Waals surface area contributed by atoms with Crippen molar-refractivity contribution in [2.45, 2.75) is 85.8 Å². The summed E-state index contributed by atoms with van der Waals surface area (Å²) in [6.07, 6.45) is -24.9. The van der Waals surface area contributed by atoms with Gasteiger partial charge in [0.1, 0.15) is 73.2 Å². The van der Waals surface area contributed by atoms with E-state index in [1.54, 1.807) is 0 Å². The molecule has 202 valence electrons. The smallest absolute Gasteiger partial charge is 0.187 e. The van der Waals surface area contributed by atoms with Gasteiger partial charge in [0.25, 0.3) is 0 Å². The lowest BCUT2D eigenvalue weighted by molar-refractivity contribution is -0.369. The van der Waals surface area contributed by atoms with Crippen molar-refractivity contribution in [2.24, 2.45) is 0 Å². The van der Waals surface area contributed by atoms with E-state index in [4.69, 9.17) is 24.1 Å². The molecular weight excluding hydrogens is 472 g/mol. The zero-order valence-corrected chi connectivity index (χ0v) is 17.9. The van der Waals surface area contributed by atoms with Crippen molar-refractivity contribution < 1.29 is 80.2 Å². The standard InChI is InChI=1S/C18H34O16/c19-1-5(23)9(25)15(6(24)2-20)33-18-14(30)16(11(27)8(4-22)32-18)34-17-13(29)12(28)10(26)7(3-21)31-17/h5-30H,1-4H2/t5?,6?,7?,8?,9-,10-,11-,12+,13?,14?,15-,16+,17?,18?/m1/s1. The summed E-state index contributed by atoms with van der Waals surface area (Å²) in [4.78, 5) is 0. The predicted octanol–water partition coefficient (Wildman–Crippen LogP) is -7.94. The van der Waals surface area contributed by atoms with Crippen LogP contribution in [-0.4, -0.2) is 174 Å². The lowest BCUT2D eigenvalue weighted by Gasteiger charge is -2.46. The fourth-order valence-corrected chi connectivity index (χ4v) is 3.65. The first-order chi connectivity index (χ1) is 16.0. The Bertz CT molecular complexity index is 596. The maximum atomic E-state index is 10.7. The Morgan fingerprint density at radius 3 is 1.68 bits per heavy atom. The van der Waals surface area contributed by atoms with Gasteiger partial charge in [-0.05, 0) is 0 Å². The molecule has 14 atom stereocenters. The second-order valence-corrected chi connectivity index (χ2v) is 8.10. The summed E-state index contributed by atoms with van der Waals surface area (Å²) in [7, 11) is 0. The maximum absolute atomic E-state index is 10.7. The lowest BCUT2D eigenvalue weighted by atomic mass is 9.96. The normalized spacial score (nSPS) is 42.7. The zero-order valence-electron chi connectivity index (χ0n) is 17.9. The molecule has 0 radical (unpaired) electrons. The van der Waals surface area contributed by atoms with Crippen LogP contribution >= 0.6 is 0 Å². The highest BCUT2D eigenvalue weighted by Crippen LogP contribution is 2.30. The van der Waals surface area contributed by atoms with Crippen LogP contribution in [0.4, 0.5) is 0 Å². The van der Waals surface area contributed by atoms with Gasteiger partial charge in [-0.25, -0.2) is 0 Å². The van der Waals surface area contributed by atoms with Crippen LogP contribution in [0, 0.1) is 0 Å². The molecule has 2 aliphatic rings. The van der Waals surface area contributed by atoms with Crippen LogP contribution in [0.15, 0.2) is 0 Å². The van der Waals surface area contributed by atoms with Gasteiger partial charge in [0.2, 0.25) is 0 Å². The van der Waals surface area contributed by atoms with Crippen LogP contribution in [0.1, 0.15) is 0 Å². The number of aliphatic hydroxyl groups excluding tert-OH is 12. The third-order valence-electron chi connectivity index (χ3n) is 5.74. The monoisotopic (exact) mass is 506 g/mol. The van der Waals surface area contributed by atoms with Crippen molar-refractivity contribution in [3.63, 3.8) is 0 Å². The molecule has 16 heteroatoms. The van der Waals surface area contributed by atoms with Gasteiger partial charge in [-0.15, -0.1) is 0 Å². The number of rotatable bonds is 11. The average Bonchev–Trinajstić information content (AvgIpc) is 2.84. The largest absolute Gasteiger partial charge is 0.394 e. The highest BCUT2D eigenvalue weighted by atomic mass is 16.7. The molecule has 0 aromatic carbocycles. The van der Waals surface area contributed by atoms with Crippen LogP contribution in [0.5, 0.6) is 0 Å². The van der Waals surface area contributed by atoms with Gasteiger partial charge in [-0.1, -0.05) is 0 Å². The van der Waals surface area contributed by atoms with E-state index in [9.17, 15) is 56.2 Å². The van der Waals surface area contributed by atoms with Crippen molar-refractivity contribution in [2.75, 3.05) is 26.4 Å². The summed E-state index contributed by atoms with van der Waals surface area (Å²) in [6.45, 7) is -3.55. The number of hydrogen-bond donors (Lipinski definition) is 12. The van der Waals surface area contributed by atoms with Crippen LogP contribution in [0.2, 0.25) is 0 Å². The molecular formula is C18H34O16. The predicted molar refractivity (Wildman–Crippen MR) is 103 cm³/mol. The van der Waals surface area contributed by atoms with Crippen molar-refractivity contribution in [3.8, 4) is 0 Å². The maximum Gasteiger partial charge on any atom is 0.187 e. The van der Waals surface area contributed by atoms with E-state index in [1.807, 2.05) is 0 Å². The lowest BCUT2D eigenvalue weighted by Crippen LogP contribution is -2.65. The molecule has 0 aliphatic carbocycles. The molecule has 2 aliphatic heterocycles. The first-order valence-electron chi connectivity index (χ1n) is 10.5. The van der Waals surface area contributed by atoms with Crippen LogP contribution in [-0.2, 0) is 18.9 Å². The third-order valence-corrected chi connectivity index (χ3v) is 5.74. The molecule has 0 spiro atoms. The second-order valence-electron chi connectivity index (χ2n) is 8.10. The minimum absolute atomic E-state index is 0.777. The molecule has 2 heterocycles. The number of aliphatic hydroxyl groups is 12. The van der Waals surface area contributed by atoms with E-state index in [0.29, 0.717) is 0 Å². The molecule has 34 heavy (non-hydrogen) atoms. The zero-order chi connectivity index (χ0) is 25.7. The molecule has 0 saturated carbocycles. The van der Waals surface area contributed by atoms with Gasteiger partial charge in [0, 0.05) is 0 Å². The van der Waals surface area contributed by atoms with E-state index in [1.165, 1.54) is 0 Å². The van der Waals surface area contributed by atoms with Gasteiger partial charge in [-0.2, -0.15) is 0 Å². The fourth-order valence-electron chi connectivity index (χ4n) is 3.65.